The topological polar surface area (TPSA) is 58.6 Å². The Labute approximate surface area is 127 Å². The van der Waals surface area contributed by atoms with Gasteiger partial charge in [0, 0.05) is 0 Å². The van der Waals surface area contributed by atoms with Gasteiger partial charge in [0.1, 0.15) is 5.75 Å². The fourth-order valence-electron chi connectivity index (χ4n) is 2.22. The lowest BCUT2D eigenvalue weighted by Gasteiger charge is -2.31. The summed E-state index contributed by atoms with van der Waals surface area (Å²) in [6.07, 6.45) is 0.709. The molecule has 1 rings (SSSR count). The lowest BCUT2D eigenvalue weighted by Crippen LogP contribution is -2.47. The van der Waals surface area contributed by atoms with E-state index in [4.69, 9.17) is 4.74 Å². The van der Waals surface area contributed by atoms with Crippen LogP contribution in [-0.4, -0.2) is 30.8 Å². The van der Waals surface area contributed by atoms with Gasteiger partial charge in [-0.2, -0.15) is 0 Å². The van der Waals surface area contributed by atoms with Gasteiger partial charge in [0.05, 0.1) is 25.7 Å². The molecule has 118 valence electrons. The molecule has 21 heavy (non-hydrogen) atoms. The van der Waals surface area contributed by atoms with Gasteiger partial charge in [-0.05, 0) is 29.5 Å². The summed E-state index contributed by atoms with van der Waals surface area (Å²) in [5.74, 6) is 0.515. The summed E-state index contributed by atoms with van der Waals surface area (Å²) in [4.78, 5) is 12.5. The minimum Gasteiger partial charge on any atom is -0.497 e. The molecule has 0 fully saturated rings. The predicted molar refractivity (Wildman–Crippen MR) is 84.5 cm³/mol. The van der Waals surface area contributed by atoms with E-state index >= 15 is 0 Å². The van der Waals surface area contributed by atoms with E-state index in [1.807, 2.05) is 52.0 Å². The number of hydrogen-bond acceptors (Lipinski definition) is 3. The third-order valence-corrected chi connectivity index (χ3v) is 3.79. The van der Waals surface area contributed by atoms with Crippen molar-refractivity contribution in [2.45, 2.75) is 46.1 Å². The van der Waals surface area contributed by atoms with Gasteiger partial charge in [-0.1, -0.05) is 39.8 Å². The van der Waals surface area contributed by atoms with Crippen LogP contribution in [0, 0.1) is 5.41 Å². The van der Waals surface area contributed by atoms with Crippen molar-refractivity contribution in [3.8, 4) is 5.75 Å². The molecule has 1 aromatic carbocycles. The van der Waals surface area contributed by atoms with E-state index < -0.39 is 0 Å². The van der Waals surface area contributed by atoms with Crippen LogP contribution in [0.1, 0.15) is 45.6 Å². The first kappa shape index (κ1) is 17.5. The number of rotatable bonds is 6. The Bertz CT molecular complexity index is 448. The third kappa shape index (κ3) is 4.74. The summed E-state index contributed by atoms with van der Waals surface area (Å²) in [5, 5.41) is 12.4. The Morgan fingerprint density at radius 2 is 1.86 bits per heavy atom. The molecule has 1 amide bonds. The second-order valence-corrected chi connectivity index (χ2v) is 6.34. The second kappa shape index (κ2) is 7.46. The Balaban J connectivity index is 2.85. The molecule has 0 unspecified atom stereocenters. The van der Waals surface area contributed by atoms with Crippen LogP contribution in [0.4, 0.5) is 0 Å². The standard InChI is InChI=1S/C17H27NO3/c1-6-14(12-7-9-13(21-5)10-8-12)16(20)18-15(11-19)17(2,3)4/h7-10,14-15,19H,6,11H2,1-5H3,(H,18,20)/t14-,15-/m1/s1. The van der Waals surface area contributed by atoms with Gasteiger partial charge in [-0.3, -0.25) is 4.79 Å². The highest BCUT2D eigenvalue weighted by Crippen LogP contribution is 2.24. The third-order valence-electron chi connectivity index (χ3n) is 3.79. The van der Waals surface area contributed by atoms with Gasteiger partial charge in [-0.25, -0.2) is 0 Å². The molecule has 1 aromatic rings. The molecule has 2 N–H and O–H groups in total. The quantitative estimate of drug-likeness (QED) is 0.848. The average molecular weight is 293 g/mol. The monoisotopic (exact) mass is 293 g/mol. The van der Waals surface area contributed by atoms with Crippen molar-refractivity contribution in [3.05, 3.63) is 29.8 Å². The summed E-state index contributed by atoms with van der Waals surface area (Å²) in [5.41, 5.74) is 0.782. The molecule has 0 aromatic heterocycles. The molecule has 0 saturated heterocycles. The highest BCUT2D eigenvalue weighted by atomic mass is 16.5. The van der Waals surface area contributed by atoms with Gasteiger partial charge in [0.15, 0.2) is 0 Å². The van der Waals surface area contributed by atoms with Crippen molar-refractivity contribution in [3.63, 3.8) is 0 Å². The Kier molecular flexibility index (Phi) is 6.21. The smallest absolute Gasteiger partial charge is 0.227 e. The number of methoxy groups -OCH3 is 1. The Hall–Kier alpha value is -1.55. The number of carbonyl (C=O) groups is 1. The molecule has 2 atom stereocenters. The van der Waals surface area contributed by atoms with Crippen LogP contribution in [0.2, 0.25) is 0 Å². The Morgan fingerprint density at radius 1 is 1.29 bits per heavy atom. The van der Waals surface area contributed by atoms with E-state index in [9.17, 15) is 9.90 Å². The molecule has 0 aliphatic heterocycles. The van der Waals surface area contributed by atoms with E-state index in [1.165, 1.54) is 0 Å². The van der Waals surface area contributed by atoms with Crippen LogP contribution in [0.25, 0.3) is 0 Å². The van der Waals surface area contributed by atoms with Crippen LogP contribution in [-0.2, 0) is 4.79 Å². The molecular weight excluding hydrogens is 266 g/mol. The molecule has 4 nitrogen and oxygen atoms in total. The first-order chi connectivity index (χ1) is 9.83. The van der Waals surface area contributed by atoms with Crippen molar-refractivity contribution in [1.82, 2.24) is 5.32 Å². The van der Waals surface area contributed by atoms with Crippen molar-refractivity contribution in [2.24, 2.45) is 5.41 Å². The van der Waals surface area contributed by atoms with E-state index in [0.29, 0.717) is 6.42 Å². The minimum absolute atomic E-state index is 0.0448. The number of aliphatic hydroxyl groups excluding tert-OH is 1. The maximum atomic E-state index is 12.5. The number of ether oxygens (including phenoxy) is 1. The molecule has 0 saturated carbocycles. The fourth-order valence-corrected chi connectivity index (χ4v) is 2.22. The van der Waals surface area contributed by atoms with Crippen molar-refractivity contribution < 1.29 is 14.6 Å². The van der Waals surface area contributed by atoms with Crippen LogP contribution in [0.5, 0.6) is 5.75 Å². The lowest BCUT2D eigenvalue weighted by atomic mass is 9.86. The highest BCUT2D eigenvalue weighted by molar-refractivity contribution is 5.84. The van der Waals surface area contributed by atoms with Crippen molar-refractivity contribution >= 4 is 5.91 Å². The zero-order chi connectivity index (χ0) is 16.0. The van der Waals surface area contributed by atoms with Gasteiger partial charge in [0.2, 0.25) is 5.91 Å². The predicted octanol–water partition coefficient (Wildman–Crippen LogP) is 2.71. The molecule has 0 heterocycles. The average Bonchev–Trinajstić information content (AvgIpc) is 2.45. The lowest BCUT2D eigenvalue weighted by molar-refractivity contribution is -0.124. The summed E-state index contributed by atoms with van der Waals surface area (Å²) in [6.45, 7) is 7.93. The number of aliphatic hydroxyl groups is 1. The van der Waals surface area contributed by atoms with Crippen LogP contribution >= 0.6 is 0 Å². The summed E-state index contributed by atoms with van der Waals surface area (Å²) >= 11 is 0. The first-order valence-electron chi connectivity index (χ1n) is 7.38. The number of nitrogens with one attached hydrogen (secondary N) is 1. The maximum absolute atomic E-state index is 12.5. The van der Waals surface area contributed by atoms with Crippen LogP contribution < -0.4 is 10.1 Å². The molecule has 0 aliphatic carbocycles. The molecule has 0 aliphatic rings. The summed E-state index contributed by atoms with van der Waals surface area (Å²) < 4.78 is 5.14. The molecule has 0 bridgehead atoms. The Morgan fingerprint density at radius 3 is 2.24 bits per heavy atom. The van der Waals surface area contributed by atoms with Crippen molar-refractivity contribution in [1.29, 1.82) is 0 Å². The fraction of sp³-hybridized carbons (Fsp3) is 0.588. The number of hydrogen-bond donors (Lipinski definition) is 2. The molecule has 0 spiro atoms. The van der Waals surface area contributed by atoms with Crippen LogP contribution in [0.3, 0.4) is 0 Å². The highest BCUT2D eigenvalue weighted by Gasteiger charge is 2.28. The first-order valence-corrected chi connectivity index (χ1v) is 7.38. The van der Waals surface area contributed by atoms with E-state index in [2.05, 4.69) is 5.32 Å². The molecule has 0 radical (unpaired) electrons. The zero-order valence-corrected chi connectivity index (χ0v) is 13.6. The van der Waals surface area contributed by atoms with Crippen LogP contribution in [0.15, 0.2) is 24.3 Å². The molecule has 4 heteroatoms. The van der Waals surface area contributed by atoms with E-state index in [-0.39, 0.29) is 29.9 Å². The zero-order valence-electron chi connectivity index (χ0n) is 13.6. The van der Waals surface area contributed by atoms with Crippen molar-refractivity contribution in [2.75, 3.05) is 13.7 Å². The normalized spacial score (nSPS) is 14.4. The molecular formula is C17H27NO3. The summed E-state index contributed by atoms with van der Waals surface area (Å²) in [7, 11) is 1.62. The number of carbonyl (C=O) groups excluding carboxylic acids is 1. The second-order valence-electron chi connectivity index (χ2n) is 6.34. The maximum Gasteiger partial charge on any atom is 0.227 e. The number of benzene rings is 1. The minimum atomic E-state index is -0.253. The largest absolute Gasteiger partial charge is 0.497 e. The SMILES string of the molecule is CC[C@@H](C(=O)N[C@H](CO)C(C)(C)C)c1ccc(OC)cc1. The van der Waals surface area contributed by atoms with Gasteiger partial charge >= 0.3 is 0 Å². The van der Waals surface area contributed by atoms with Gasteiger partial charge < -0.3 is 15.2 Å². The summed E-state index contributed by atoms with van der Waals surface area (Å²) in [6, 6.07) is 7.30. The number of amides is 1. The van der Waals surface area contributed by atoms with E-state index in [1.54, 1.807) is 7.11 Å². The van der Waals surface area contributed by atoms with Gasteiger partial charge in [-0.15, -0.1) is 0 Å². The van der Waals surface area contributed by atoms with Gasteiger partial charge in [0.25, 0.3) is 0 Å². The van der Waals surface area contributed by atoms with E-state index in [0.717, 1.165) is 11.3 Å².